The molecule has 0 spiro atoms. The molecule has 31 heavy (non-hydrogen) atoms. The van der Waals surface area contributed by atoms with Crippen molar-refractivity contribution in [3.8, 4) is 11.5 Å². The molecule has 4 rings (SSSR count). The molecule has 1 aliphatic carbocycles. The minimum atomic E-state index is -0.505. The Morgan fingerprint density at radius 1 is 1.00 bits per heavy atom. The Kier molecular flexibility index (Phi) is 5.80. The van der Waals surface area contributed by atoms with Crippen LogP contribution in [-0.4, -0.2) is 25.9 Å². The molecule has 1 aliphatic heterocycles. The number of carbonyl (C=O) groups excluding carboxylic acids is 2. The second-order valence-electron chi connectivity index (χ2n) is 7.66. The maximum absolute atomic E-state index is 13.6. The number of carbonyl (C=O) groups is 2. The molecular formula is C25H26N2O4. The molecule has 1 amide bonds. The number of hydrogen-bond donors (Lipinski definition) is 2. The SMILES string of the molecule is COc1ccccc1NC(=O)C1=C(C)NC2=C(C(=O)CCC2)[C@@H]1c1ccccc1OC. The summed E-state index contributed by atoms with van der Waals surface area (Å²) in [5.74, 6) is 0.500. The van der Waals surface area contributed by atoms with Crippen molar-refractivity contribution in [3.63, 3.8) is 0 Å². The first kappa shape index (κ1) is 20.7. The van der Waals surface area contributed by atoms with Gasteiger partial charge in [-0.25, -0.2) is 0 Å². The number of rotatable bonds is 5. The lowest BCUT2D eigenvalue weighted by Gasteiger charge is -2.35. The number of nitrogens with one attached hydrogen (secondary N) is 2. The number of anilines is 1. The van der Waals surface area contributed by atoms with E-state index in [1.807, 2.05) is 43.3 Å². The van der Waals surface area contributed by atoms with E-state index in [9.17, 15) is 9.59 Å². The fourth-order valence-electron chi connectivity index (χ4n) is 4.44. The normalized spacial score (nSPS) is 18.3. The fraction of sp³-hybridized carbons (Fsp3) is 0.280. The quantitative estimate of drug-likeness (QED) is 0.757. The summed E-state index contributed by atoms with van der Waals surface area (Å²) in [6, 6.07) is 14.8. The van der Waals surface area contributed by atoms with Gasteiger partial charge in [0.25, 0.3) is 5.91 Å². The summed E-state index contributed by atoms with van der Waals surface area (Å²) in [4.78, 5) is 26.6. The zero-order valence-electron chi connectivity index (χ0n) is 18.0. The molecule has 2 N–H and O–H groups in total. The first-order valence-corrected chi connectivity index (χ1v) is 10.4. The molecule has 0 saturated heterocycles. The van der Waals surface area contributed by atoms with Crippen LogP contribution >= 0.6 is 0 Å². The van der Waals surface area contributed by atoms with Crippen molar-refractivity contribution in [1.29, 1.82) is 0 Å². The first-order chi connectivity index (χ1) is 15.0. The molecule has 0 aromatic heterocycles. The second kappa shape index (κ2) is 8.68. The summed E-state index contributed by atoms with van der Waals surface area (Å²) in [5, 5.41) is 6.31. The monoisotopic (exact) mass is 418 g/mol. The fourth-order valence-corrected chi connectivity index (χ4v) is 4.44. The van der Waals surface area contributed by atoms with Gasteiger partial charge in [-0.3, -0.25) is 9.59 Å². The zero-order valence-corrected chi connectivity index (χ0v) is 18.0. The third-order valence-electron chi connectivity index (χ3n) is 5.83. The van der Waals surface area contributed by atoms with Crippen LogP contribution in [0.2, 0.25) is 0 Å². The van der Waals surface area contributed by atoms with Gasteiger partial charge in [0.1, 0.15) is 11.5 Å². The van der Waals surface area contributed by atoms with Gasteiger partial charge < -0.3 is 20.1 Å². The summed E-state index contributed by atoms with van der Waals surface area (Å²) < 4.78 is 11.0. The lowest BCUT2D eigenvalue weighted by Crippen LogP contribution is -2.35. The van der Waals surface area contributed by atoms with Crippen LogP contribution in [-0.2, 0) is 9.59 Å². The van der Waals surface area contributed by atoms with Gasteiger partial charge in [0.2, 0.25) is 0 Å². The van der Waals surface area contributed by atoms with E-state index in [1.165, 1.54) is 0 Å². The zero-order chi connectivity index (χ0) is 22.0. The maximum atomic E-state index is 13.6. The van der Waals surface area contributed by atoms with Gasteiger partial charge in [-0.2, -0.15) is 0 Å². The standard InChI is InChI=1S/C25H26N2O4/c1-15-22(25(29)27-17-10-5-7-14-21(17)31-3)23(16-9-4-6-13-20(16)30-2)24-18(26-15)11-8-12-19(24)28/h4-7,9-10,13-14,23,26H,8,11-12H2,1-3H3,(H,27,29)/t23-/m1/s1. The number of benzene rings is 2. The smallest absolute Gasteiger partial charge is 0.254 e. The largest absolute Gasteiger partial charge is 0.496 e. The number of dihydropyridines is 1. The van der Waals surface area contributed by atoms with E-state index in [0.29, 0.717) is 34.8 Å². The van der Waals surface area contributed by atoms with Crippen LogP contribution in [0.25, 0.3) is 0 Å². The summed E-state index contributed by atoms with van der Waals surface area (Å²) >= 11 is 0. The Bertz CT molecular complexity index is 1100. The predicted octanol–water partition coefficient (Wildman–Crippen LogP) is 4.31. The Morgan fingerprint density at radius 2 is 1.68 bits per heavy atom. The average molecular weight is 418 g/mol. The molecule has 0 bridgehead atoms. The van der Waals surface area contributed by atoms with Gasteiger partial charge >= 0.3 is 0 Å². The van der Waals surface area contributed by atoms with Crippen molar-refractivity contribution in [3.05, 3.63) is 76.6 Å². The first-order valence-electron chi connectivity index (χ1n) is 10.4. The van der Waals surface area contributed by atoms with E-state index in [2.05, 4.69) is 10.6 Å². The van der Waals surface area contributed by atoms with E-state index in [4.69, 9.17) is 9.47 Å². The van der Waals surface area contributed by atoms with Crippen LogP contribution in [0.5, 0.6) is 11.5 Å². The third kappa shape index (κ3) is 3.81. The number of ketones is 1. The molecular weight excluding hydrogens is 392 g/mol. The van der Waals surface area contributed by atoms with Crippen molar-refractivity contribution in [1.82, 2.24) is 5.32 Å². The highest BCUT2D eigenvalue weighted by Gasteiger charge is 2.39. The maximum Gasteiger partial charge on any atom is 0.254 e. The Morgan fingerprint density at radius 3 is 2.42 bits per heavy atom. The number of ether oxygens (including phenoxy) is 2. The van der Waals surface area contributed by atoms with Crippen LogP contribution in [0.15, 0.2) is 71.1 Å². The lowest BCUT2D eigenvalue weighted by atomic mass is 9.74. The number of allylic oxidation sites excluding steroid dienone is 3. The topological polar surface area (TPSA) is 76.7 Å². The van der Waals surface area contributed by atoms with E-state index in [-0.39, 0.29) is 11.7 Å². The molecule has 2 aromatic carbocycles. The van der Waals surface area contributed by atoms with Gasteiger partial charge in [-0.05, 0) is 38.0 Å². The van der Waals surface area contributed by atoms with Crippen LogP contribution in [0, 0.1) is 0 Å². The van der Waals surface area contributed by atoms with Crippen molar-refractivity contribution in [2.24, 2.45) is 0 Å². The van der Waals surface area contributed by atoms with Crippen LogP contribution in [0.1, 0.15) is 37.7 Å². The molecule has 6 nitrogen and oxygen atoms in total. The lowest BCUT2D eigenvalue weighted by molar-refractivity contribution is -0.116. The molecule has 6 heteroatoms. The summed E-state index contributed by atoms with van der Waals surface area (Å²) in [6.07, 6.45) is 2.07. The molecule has 1 atom stereocenters. The van der Waals surface area contributed by atoms with E-state index in [1.54, 1.807) is 26.4 Å². The molecule has 0 saturated carbocycles. The number of methoxy groups -OCH3 is 2. The van der Waals surface area contributed by atoms with Gasteiger partial charge in [0.15, 0.2) is 5.78 Å². The van der Waals surface area contributed by atoms with Gasteiger partial charge in [-0.1, -0.05) is 30.3 Å². The summed E-state index contributed by atoms with van der Waals surface area (Å²) in [6.45, 7) is 1.88. The number of Topliss-reactive ketones (excluding diaryl/α,β-unsaturated/α-hetero) is 1. The van der Waals surface area contributed by atoms with E-state index in [0.717, 1.165) is 29.8 Å². The van der Waals surface area contributed by atoms with Crippen LogP contribution < -0.4 is 20.1 Å². The van der Waals surface area contributed by atoms with Crippen molar-refractivity contribution in [2.45, 2.75) is 32.1 Å². The van der Waals surface area contributed by atoms with Crippen molar-refractivity contribution >= 4 is 17.4 Å². The van der Waals surface area contributed by atoms with Gasteiger partial charge in [-0.15, -0.1) is 0 Å². The highest BCUT2D eigenvalue weighted by Crippen LogP contribution is 2.45. The second-order valence-corrected chi connectivity index (χ2v) is 7.66. The van der Waals surface area contributed by atoms with Crippen LogP contribution in [0.4, 0.5) is 5.69 Å². The van der Waals surface area contributed by atoms with Crippen molar-refractivity contribution < 1.29 is 19.1 Å². The molecule has 2 aromatic rings. The molecule has 1 heterocycles. The minimum absolute atomic E-state index is 0.0692. The summed E-state index contributed by atoms with van der Waals surface area (Å²) in [7, 11) is 3.16. The van der Waals surface area contributed by atoms with Crippen LogP contribution in [0.3, 0.4) is 0 Å². The highest BCUT2D eigenvalue weighted by molar-refractivity contribution is 6.10. The molecule has 0 radical (unpaired) electrons. The minimum Gasteiger partial charge on any atom is -0.496 e. The average Bonchev–Trinajstić information content (AvgIpc) is 2.78. The Labute approximate surface area is 181 Å². The molecule has 160 valence electrons. The van der Waals surface area contributed by atoms with E-state index >= 15 is 0 Å². The summed E-state index contributed by atoms with van der Waals surface area (Å²) in [5.41, 5.74) is 4.17. The number of para-hydroxylation sites is 3. The van der Waals surface area contributed by atoms with Gasteiger partial charge in [0, 0.05) is 34.5 Å². The number of hydrogen-bond acceptors (Lipinski definition) is 5. The van der Waals surface area contributed by atoms with Crippen molar-refractivity contribution in [2.75, 3.05) is 19.5 Å². The Balaban J connectivity index is 1.83. The third-order valence-corrected chi connectivity index (χ3v) is 5.83. The number of amides is 1. The Hall–Kier alpha value is -3.54. The molecule has 0 fully saturated rings. The molecule has 0 unspecified atom stereocenters. The predicted molar refractivity (Wildman–Crippen MR) is 119 cm³/mol. The highest BCUT2D eigenvalue weighted by atomic mass is 16.5. The van der Waals surface area contributed by atoms with Gasteiger partial charge in [0.05, 0.1) is 25.8 Å². The molecule has 2 aliphatic rings. The van der Waals surface area contributed by atoms with E-state index < -0.39 is 5.92 Å².